The van der Waals surface area contributed by atoms with Crippen LogP contribution in [0.4, 0.5) is 0 Å². The standard InChI is InChI=1S/C5H3BrClN.ClH/c6-4-1-2-8-3-5(4)7;/h1-3H;1H. The van der Waals surface area contributed by atoms with Gasteiger partial charge in [0.2, 0.25) is 0 Å². The first kappa shape index (κ1) is 9.21. The molecule has 0 saturated carbocycles. The molecule has 4 heteroatoms. The summed E-state index contributed by atoms with van der Waals surface area (Å²) in [6.45, 7) is 0. The van der Waals surface area contributed by atoms with Crippen molar-refractivity contribution in [1.82, 2.24) is 4.98 Å². The fourth-order valence-corrected chi connectivity index (χ4v) is 0.698. The van der Waals surface area contributed by atoms with E-state index in [1.807, 2.05) is 0 Å². The van der Waals surface area contributed by atoms with Crippen molar-refractivity contribution >= 4 is 39.9 Å². The molecule has 1 nitrogen and oxygen atoms in total. The van der Waals surface area contributed by atoms with Crippen LogP contribution < -0.4 is 0 Å². The largest absolute Gasteiger partial charge is 0.263 e. The van der Waals surface area contributed by atoms with Gasteiger partial charge in [0.05, 0.1) is 5.02 Å². The number of rotatable bonds is 0. The molecule has 0 N–H and O–H groups in total. The van der Waals surface area contributed by atoms with E-state index in [9.17, 15) is 0 Å². The molecule has 1 aromatic rings. The molecule has 1 heterocycles. The van der Waals surface area contributed by atoms with Gasteiger partial charge in [-0.25, -0.2) is 0 Å². The summed E-state index contributed by atoms with van der Waals surface area (Å²) in [5.74, 6) is 0. The highest BCUT2D eigenvalue weighted by Gasteiger charge is 1.89. The molecule has 9 heavy (non-hydrogen) atoms. The van der Waals surface area contributed by atoms with Crippen LogP contribution in [0.2, 0.25) is 5.02 Å². The van der Waals surface area contributed by atoms with E-state index in [0.717, 1.165) is 4.47 Å². The minimum Gasteiger partial charge on any atom is -0.263 e. The Morgan fingerprint density at radius 2 is 2.22 bits per heavy atom. The molecule has 0 fully saturated rings. The molecule has 0 radical (unpaired) electrons. The third-order valence-electron chi connectivity index (χ3n) is 0.723. The highest BCUT2D eigenvalue weighted by Crippen LogP contribution is 2.18. The number of aromatic nitrogens is 1. The zero-order valence-corrected chi connectivity index (χ0v) is 7.50. The van der Waals surface area contributed by atoms with Crippen molar-refractivity contribution in [2.75, 3.05) is 0 Å². The third kappa shape index (κ3) is 2.52. The number of nitrogens with zero attached hydrogens (tertiary/aromatic N) is 1. The Morgan fingerprint density at radius 3 is 2.56 bits per heavy atom. The van der Waals surface area contributed by atoms with Crippen molar-refractivity contribution in [3.05, 3.63) is 28.0 Å². The van der Waals surface area contributed by atoms with Crippen LogP contribution in [0.3, 0.4) is 0 Å². The van der Waals surface area contributed by atoms with Crippen LogP contribution in [0.5, 0.6) is 0 Å². The predicted octanol–water partition coefficient (Wildman–Crippen LogP) is 2.92. The lowest BCUT2D eigenvalue weighted by atomic mass is 10.5. The Bertz CT molecular complexity index is 171. The molecule has 1 aromatic heterocycles. The van der Waals surface area contributed by atoms with Gasteiger partial charge >= 0.3 is 0 Å². The summed E-state index contributed by atoms with van der Waals surface area (Å²) in [4.78, 5) is 3.78. The summed E-state index contributed by atoms with van der Waals surface area (Å²) in [6, 6.07) is 1.79. The Balaban J connectivity index is 0.000000640. The maximum atomic E-state index is 5.60. The van der Waals surface area contributed by atoms with E-state index in [2.05, 4.69) is 20.9 Å². The predicted molar refractivity (Wildman–Crippen MR) is 44.2 cm³/mol. The first-order valence-corrected chi connectivity index (χ1v) is 3.23. The van der Waals surface area contributed by atoms with Crippen LogP contribution in [0.1, 0.15) is 0 Å². The zero-order chi connectivity index (χ0) is 5.98. The molecule has 0 atom stereocenters. The van der Waals surface area contributed by atoms with Gasteiger partial charge in [-0.2, -0.15) is 0 Å². The van der Waals surface area contributed by atoms with Gasteiger partial charge < -0.3 is 0 Å². The van der Waals surface area contributed by atoms with Crippen LogP contribution in [-0.4, -0.2) is 4.98 Å². The average Bonchev–Trinajstić information content (AvgIpc) is 1.77. The first-order valence-electron chi connectivity index (χ1n) is 2.06. The van der Waals surface area contributed by atoms with Gasteiger partial charge in [0.25, 0.3) is 0 Å². The molecule has 50 valence electrons. The highest BCUT2D eigenvalue weighted by molar-refractivity contribution is 9.10. The summed E-state index contributed by atoms with van der Waals surface area (Å²) in [6.07, 6.45) is 3.27. The summed E-state index contributed by atoms with van der Waals surface area (Å²) in [7, 11) is 0. The Kier molecular flexibility index (Phi) is 4.19. The average molecular weight is 229 g/mol. The van der Waals surface area contributed by atoms with Crippen LogP contribution >= 0.6 is 39.9 Å². The smallest absolute Gasteiger partial charge is 0.0731 e. The maximum Gasteiger partial charge on any atom is 0.0731 e. The van der Waals surface area contributed by atoms with Crippen LogP contribution in [0.25, 0.3) is 0 Å². The van der Waals surface area contributed by atoms with Crippen molar-refractivity contribution in [2.24, 2.45) is 0 Å². The van der Waals surface area contributed by atoms with Crippen LogP contribution in [0, 0.1) is 0 Å². The molecule has 0 aliphatic carbocycles. The van der Waals surface area contributed by atoms with E-state index in [-0.39, 0.29) is 12.4 Å². The number of pyridine rings is 1. The van der Waals surface area contributed by atoms with Crippen molar-refractivity contribution in [1.29, 1.82) is 0 Å². The van der Waals surface area contributed by atoms with Gasteiger partial charge in [0.15, 0.2) is 0 Å². The summed E-state index contributed by atoms with van der Waals surface area (Å²) in [5, 5.41) is 0.646. The quantitative estimate of drug-likeness (QED) is 0.666. The maximum absolute atomic E-state index is 5.60. The van der Waals surface area contributed by atoms with Gasteiger partial charge in [-0.1, -0.05) is 11.6 Å². The summed E-state index contributed by atoms with van der Waals surface area (Å²) < 4.78 is 0.883. The van der Waals surface area contributed by atoms with Crippen molar-refractivity contribution < 1.29 is 0 Å². The fourth-order valence-electron chi connectivity index (χ4n) is 0.358. The second-order valence-electron chi connectivity index (χ2n) is 1.29. The molecule has 1 rings (SSSR count). The van der Waals surface area contributed by atoms with E-state index in [1.165, 1.54) is 0 Å². The second-order valence-corrected chi connectivity index (χ2v) is 2.55. The van der Waals surface area contributed by atoms with Crippen LogP contribution in [-0.2, 0) is 0 Å². The summed E-state index contributed by atoms with van der Waals surface area (Å²) >= 11 is 8.82. The topological polar surface area (TPSA) is 12.9 Å². The van der Waals surface area contributed by atoms with Crippen molar-refractivity contribution in [3.8, 4) is 0 Å². The van der Waals surface area contributed by atoms with Gasteiger partial charge in [0, 0.05) is 16.9 Å². The van der Waals surface area contributed by atoms with E-state index in [1.54, 1.807) is 18.5 Å². The molecular formula is C5H4BrCl2N. The first-order chi connectivity index (χ1) is 3.80. The number of hydrogen-bond donors (Lipinski definition) is 0. The minimum absolute atomic E-state index is 0. The third-order valence-corrected chi connectivity index (χ3v) is 1.94. The lowest BCUT2D eigenvalue weighted by Crippen LogP contribution is -1.69. The van der Waals surface area contributed by atoms with Gasteiger partial charge in [-0.15, -0.1) is 12.4 Å². The Labute approximate surface area is 73.0 Å². The molecule has 0 amide bonds. The highest BCUT2D eigenvalue weighted by atomic mass is 79.9. The Hall–Kier alpha value is 0.210. The number of halogens is 3. The molecule has 0 spiro atoms. The monoisotopic (exact) mass is 227 g/mol. The van der Waals surface area contributed by atoms with E-state index in [4.69, 9.17) is 11.6 Å². The number of hydrogen-bond acceptors (Lipinski definition) is 1. The van der Waals surface area contributed by atoms with E-state index >= 15 is 0 Å². The van der Waals surface area contributed by atoms with Gasteiger partial charge in [-0.05, 0) is 22.0 Å². The van der Waals surface area contributed by atoms with Gasteiger partial charge in [0.1, 0.15) is 0 Å². The molecule has 0 bridgehead atoms. The minimum atomic E-state index is 0. The second kappa shape index (κ2) is 4.09. The summed E-state index contributed by atoms with van der Waals surface area (Å²) in [5.41, 5.74) is 0. The zero-order valence-electron chi connectivity index (χ0n) is 4.34. The van der Waals surface area contributed by atoms with E-state index < -0.39 is 0 Å². The normalized spacial score (nSPS) is 8.22. The van der Waals surface area contributed by atoms with Crippen molar-refractivity contribution in [3.63, 3.8) is 0 Å². The molecule has 0 aliphatic heterocycles. The van der Waals surface area contributed by atoms with Gasteiger partial charge in [-0.3, -0.25) is 4.98 Å². The van der Waals surface area contributed by atoms with Crippen molar-refractivity contribution in [2.45, 2.75) is 0 Å². The molecule has 0 saturated heterocycles. The van der Waals surface area contributed by atoms with E-state index in [0.29, 0.717) is 5.02 Å². The molecule has 0 aromatic carbocycles. The lowest BCUT2D eigenvalue weighted by Gasteiger charge is -1.88. The van der Waals surface area contributed by atoms with Crippen LogP contribution in [0.15, 0.2) is 22.9 Å². The Morgan fingerprint density at radius 1 is 1.56 bits per heavy atom. The molecule has 0 aliphatic rings. The molecular weight excluding hydrogens is 225 g/mol. The SMILES string of the molecule is Cl.Clc1cnccc1Br. The molecule has 0 unspecified atom stereocenters. The fraction of sp³-hybridized carbons (Fsp3) is 0. The lowest BCUT2D eigenvalue weighted by molar-refractivity contribution is 1.32.